The number of anilines is 1. The van der Waals surface area contributed by atoms with Gasteiger partial charge in [0.05, 0.1) is 12.7 Å². The fraction of sp³-hybridized carbons (Fsp3) is 0.222. The molecule has 0 bridgehead atoms. The van der Waals surface area contributed by atoms with Gasteiger partial charge in [0.1, 0.15) is 10.8 Å². The summed E-state index contributed by atoms with van der Waals surface area (Å²) in [7, 11) is 1.26. The number of carbonyl (C=O) groups is 2. The summed E-state index contributed by atoms with van der Waals surface area (Å²) in [5.74, 6) is -1.09. The molecule has 0 atom stereocenters. The monoisotopic (exact) mass is 381 g/mol. The maximum atomic E-state index is 12.4. The van der Waals surface area contributed by atoms with Gasteiger partial charge in [0, 0.05) is 16.5 Å². The molecule has 0 radical (unpaired) electrons. The first kappa shape index (κ1) is 19.6. The summed E-state index contributed by atoms with van der Waals surface area (Å²) in [4.78, 5) is 25.0. The standard InChI is InChI=1S/C18H17F2NO4S/c1-10-11(2)26-16(15(10)17(23)24-3)21-14(22)9-8-12-6-4-5-7-13(12)25-18(19)20/h4-9,18H,1-3H3,(H,21,22)/b9-8+. The molecule has 1 heterocycles. The lowest BCUT2D eigenvalue weighted by atomic mass is 10.1. The van der Waals surface area contributed by atoms with Crippen molar-refractivity contribution in [2.45, 2.75) is 20.5 Å². The van der Waals surface area contributed by atoms with Crippen LogP contribution in [-0.2, 0) is 9.53 Å². The first-order valence-electron chi connectivity index (χ1n) is 7.54. The van der Waals surface area contributed by atoms with Gasteiger partial charge in [-0.05, 0) is 31.6 Å². The molecule has 1 aromatic heterocycles. The molecule has 0 unspecified atom stereocenters. The average molecular weight is 381 g/mol. The largest absolute Gasteiger partial charge is 0.465 e. The van der Waals surface area contributed by atoms with E-state index in [4.69, 9.17) is 4.74 Å². The molecule has 5 nitrogen and oxygen atoms in total. The number of hydrogen-bond acceptors (Lipinski definition) is 5. The molecule has 0 aliphatic rings. The Morgan fingerprint density at radius 3 is 2.58 bits per heavy atom. The van der Waals surface area contributed by atoms with E-state index in [2.05, 4.69) is 10.1 Å². The molecule has 1 amide bonds. The summed E-state index contributed by atoms with van der Waals surface area (Å²) >= 11 is 1.26. The van der Waals surface area contributed by atoms with Crippen molar-refractivity contribution < 1.29 is 27.8 Å². The number of rotatable bonds is 6. The van der Waals surface area contributed by atoms with Crippen LogP contribution >= 0.6 is 11.3 Å². The van der Waals surface area contributed by atoms with Gasteiger partial charge in [0.15, 0.2) is 0 Å². The molecular weight excluding hydrogens is 364 g/mol. The predicted molar refractivity (Wildman–Crippen MR) is 95.9 cm³/mol. The van der Waals surface area contributed by atoms with Gasteiger partial charge < -0.3 is 14.8 Å². The highest BCUT2D eigenvalue weighted by molar-refractivity contribution is 7.16. The highest BCUT2D eigenvalue weighted by Crippen LogP contribution is 2.33. The minimum atomic E-state index is -2.96. The lowest BCUT2D eigenvalue weighted by Gasteiger charge is -2.07. The van der Waals surface area contributed by atoms with Crippen LogP contribution in [0.3, 0.4) is 0 Å². The maximum absolute atomic E-state index is 12.4. The quantitative estimate of drug-likeness (QED) is 0.595. The minimum Gasteiger partial charge on any atom is -0.465 e. The molecule has 0 fully saturated rings. The van der Waals surface area contributed by atoms with E-state index in [1.807, 2.05) is 6.92 Å². The van der Waals surface area contributed by atoms with Crippen molar-refractivity contribution in [3.05, 3.63) is 51.9 Å². The number of aryl methyl sites for hydroxylation is 1. The summed E-state index contributed by atoms with van der Waals surface area (Å²) in [5, 5.41) is 2.99. The number of ether oxygens (including phenoxy) is 2. The van der Waals surface area contributed by atoms with Gasteiger partial charge in [-0.2, -0.15) is 8.78 Å². The fourth-order valence-electron chi connectivity index (χ4n) is 2.20. The molecule has 0 spiro atoms. The van der Waals surface area contributed by atoms with E-state index in [1.165, 1.54) is 36.7 Å². The number of esters is 1. The number of methoxy groups -OCH3 is 1. The number of para-hydroxylation sites is 1. The van der Waals surface area contributed by atoms with E-state index < -0.39 is 18.5 Å². The summed E-state index contributed by atoms with van der Waals surface area (Å²) in [6, 6.07) is 6.11. The van der Waals surface area contributed by atoms with Crippen LogP contribution in [0.2, 0.25) is 0 Å². The van der Waals surface area contributed by atoms with Crippen LogP contribution in [0.5, 0.6) is 5.75 Å². The SMILES string of the molecule is COC(=O)c1c(NC(=O)/C=C/c2ccccc2OC(F)F)sc(C)c1C. The van der Waals surface area contributed by atoms with E-state index in [1.54, 1.807) is 25.1 Å². The van der Waals surface area contributed by atoms with Crippen molar-refractivity contribution in [2.24, 2.45) is 0 Å². The molecule has 1 aromatic carbocycles. The van der Waals surface area contributed by atoms with E-state index in [0.717, 1.165) is 10.4 Å². The number of thiophene rings is 1. The zero-order chi connectivity index (χ0) is 19.3. The third kappa shape index (κ3) is 4.66. The highest BCUT2D eigenvalue weighted by atomic mass is 32.1. The van der Waals surface area contributed by atoms with Crippen molar-refractivity contribution in [2.75, 3.05) is 12.4 Å². The molecule has 8 heteroatoms. The van der Waals surface area contributed by atoms with Crippen LogP contribution in [0, 0.1) is 13.8 Å². The molecule has 138 valence electrons. The number of amides is 1. The number of alkyl halides is 2. The van der Waals surface area contributed by atoms with Crippen molar-refractivity contribution in [1.29, 1.82) is 0 Å². The van der Waals surface area contributed by atoms with E-state index in [-0.39, 0.29) is 5.75 Å². The molecule has 0 aliphatic heterocycles. The molecule has 0 saturated heterocycles. The lowest BCUT2D eigenvalue weighted by Crippen LogP contribution is -2.11. The number of benzene rings is 1. The Morgan fingerprint density at radius 1 is 1.23 bits per heavy atom. The van der Waals surface area contributed by atoms with Crippen molar-refractivity contribution >= 4 is 34.3 Å². The Balaban J connectivity index is 2.19. The Labute approximate surface area is 153 Å². The summed E-state index contributed by atoms with van der Waals surface area (Å²) in [5.41, 5.74) is 1.37. The molecule has 2 rings (SSSR count). The summed E-state index contributed by atoms with van der Waals surface area (Å²) in [6.07, 6.45) is 2.54. The number of halogens is 2. The van der Waals surface area contributed by atoms with E-state index >= 15 is 0 Å². The first-order valence-corrected chi connectivity index (χ1v) is 8.36. The van der Waals surface area contributed by atoms with Gasteiger partial charge in [-0.3, -0.25) is 4.79 Å². The van der Waals surface area contributed by atoms with Crippen molar-refractivity contribution in [1.82, 2.24) is 0 Å². The van der Waals surface area contributed by atoms with Crippen LogP contribution in [0.15, 0.2) is 30.3 Å². The molecule has 0 aliphatic carbocycles. The molecule has 1 N–H and O–H groups in total. The topological polar surface area (TPSA) is 64.6 Å². The third-order valence-corrected chi connectivity index (χ3v) is 4.68. The predicted octanol–water partition coefficient (Wildman–Crippen LogP) is 4.40. The first-order chi connectivity index (χ1) is 12.3. The average Bonchev–Trinajstić information content (AvgIpc) is 2.87. The zero-order valence-corrected chi connectivity index (χ0v) is 15.2. The lowest BCUT2D eigenvalue weighted by molar-refractivity contribution is -0.111. The fourth-order valence-corrected chi connectivity index (χ4v) is 3.25. The van der Waals surface area contributed by atoms with Crippen LogP contribution in [0.1, 0.15) is 26.4 Å². The van der Waals surface area contributed by atoms with Gasteiger partial charge in [0.25, 0.3) is 0 Å². The zero-order valence-electron chi connectivity index (χ0n) is 14.3. The molecular formula is C18H17F2NO4S. The Hall–Kier alpha value is -2.74. The van der Waals surface area contributed by atoms with Gasteiger partial charge in [-0.1, -0.05) is 18.2 Å². The Kier molecular flexibility index (Phi) is 6.46. The normalized spacial score (nSPS) is 11.0. The number of nitrogens with one attached hydrogen (secondary N) is 1. The maximum Gasteiger partial charge on any atom is 0.387 e. The third-order valence-electron chi connectivity index (χ3n) is 3.56. The van der Waals surface area contributed by atoms with Crippen LogP contribution in [0.25, 0.3) is 6.08 Å². The molecule has 0 saturated carbocycles. The van der Waals surface area contributed by atoms with Gasteiger partial charge in [-0.25, -0.2) is 4.79 Å². The Morgan fingerprint density at radius 2 is 1.92 bits per heavy atom. The Bertz CT molecular complexity index is 846. The molecule has 26 heavy (non-hydrogen) atoms. The van der Waals surface area contributed by atoms with E-state index in [9.17, 15) is 18.4 Å². The summed E-state index contributed by atoms with van der Waals surface area (Å²) < 4.78 is 34.0. The van der Waals surface area contributed by atoms with Crippen LogP contribution in [-0.4, -0.2) is 25.6 Å². The second kappa shape index (κ2) is 8.57. The summed E-state index contributed by atoms with van der Waals surface area (Å²) in [6.45, 7) is 0.634. The number of hydrogen-bond donors (Lipinski definition) is 1. The van der Waals surface area contributed by atoms with Gasteiger partial charge >= 0.3 is 12.6 Å². The van der Waals surface area contributed by atoms with Crippen molar-refractivity contribution in [3.8, 4) is 5.75 Å². The van der Waals surface area contributed by atoms with E-state index in [0.29, 0.717) is 16.1 Å². The van der Waals surface area contributed by atoms with Crippen LogP contribution < -0.4 is 10.1 Å². The second-order valence-corrected chi connectivity index (χ2v) is 6.44. The van der Waals surface area contributed by atoms with Gasteiger partial charge in [0.2, 0.25) is 5.91 Å². The molecule has 2 aromatic rings. The second-order valence-electron chi connectivity index (χ2n) is 5.22. The van der Waals surface area contributed by atoms with Crippen LogP contribution in [0.4, 0.5) is 13.8 Å². The van der Waals surface area contributed by atoms with Crippen molar-refractivity contribution in [3.63, 3.8) is 0 Å². The number of carbonyl (C=O) groups excluding carboxylic acids is 2. The van der Waals surface area contributed by atoms with Gasteiger partial charge in [-0.15, -0.1) is 11.3 Å². The highest BCUT2D eigenvalue weighted by Gasteiger charge is 2.21. The minimum absolute atomic E-state index is 0.0374. The smallest absolute Gasteiger partial charge is 0.387 e.